The first-order chi connectivity index (χ1) is 13.9. The van der Waals surface area contributed by atoms with E-state index in [9.17, 15) is 14.7 Å². The summed E-state index contributed by atoms with van der Waals surface area (Å²) >= 11 is 7.42. The van der Waals surface area contributed by atoms with Crippen molar-refractivity contribution in [2.45, 2.75) is 61.0 Å². The molecule has 6 N–H and O–H groups in total. The molecule has 1 aliphatic heterocycles. The summed E-state index contributed by atoms with van der Waals surface area (Å²) in [6.07, 6.45) is 4.79. The molecule has 29 heavy (non-hydrogen) atoms. The zero-order valence-corrected chi connectivity index (χ0v) is 17.7. The summed E-state index contributed by atoms with van der Waals surface area (Å²) in [7, 11) is 0. The van der Waals surface area contributed by atoms with Crippen molar-refractivity contribution in [1.82, 2.24) is 15.4 Å². The molecule has 4 atom stereocenters. The zero-order valence-electron chi connectivity index (χ0n) is 16.1. The van der Waals surface area contributed by atoms with E-state index >= 15 is 0 Å². The van der Waals surface area contributed by atoms with Crippen molar-refractivity contribution in [2.24, 2.45) is 17.6 Å². The van der Waals surface area contributed by atoms with Crippen LogP contribution < -0.4 is 21.1 Å². The first-order valence-corrected chi connectivity index (χ1v) is 11.3. The van der Waals surface area contributed by atoms with Gasteiger partial charge in [0.15, 0.2) is 0 Å². The van der Waals surface area contributed by atoms with E-state index in [1.165, 1.54) is 18.0 Å². The lowest BCUT2D eigenvalue weighted by Gasteiger charge is -2.35. The van der Waals surface area contributed by atoms with Gasteiger partial charge in [-0.1, -0.05) is 17.7 Å². The van der Waals surface area contributed by atoms with Crippen LogP contribution >= 0.6 is 23.5 Å². The highest BCUT2D eigenvalue weighted by Crippen LogP contribution is 2.42. The Morgan fingerprint density at radius 2 is 2.14 bits per heavy atom. The molecule has 7 nitrogen and oxygen atoms in total. The summed E-state index contributed by atoms with van der Waals surface area (Å²) < 4.78 is 3.27. The number of nitrogens with one attached hydrogen (secondary N) is 3. The number of phenolic OH excluding ortho intramolecular Hbond substituents is 1. The number of amides is 2. The third-order valence-corrected chi connectivity index (χ3v) is 7.95. The maximum atomic E-state index is 13.0. The van der Waals surface area contributed by atoms with Crippen LogP contribution in [0.5, 0.6) is 5.75 Å². The van der Waals surface area contributed by atoms with Crippen LogP contribution in [0.2, 0.25) is 5.02 Å². The van der Waals surface area contributed by atoms with Crippen LogP contribution in [0.1, 0.15) is 38.5 Å². The van der Waals surface area contributed by atoms with Crippen molar-refractivity contribution in [3.05, 3.63) is 23.2 Å². The lowest BCUT2D eigenvalue weighted by Crippen LogP contribution is -2.55. The number of hydrogen-bond donors (Lipinski definition) is 5. The highest BCUT2D eigenvalue weighted by Gasteiger charge is 2.52. The van der Waals surface area contributed by atoms with E-state index in [4.69, 9.17) is 17.3 Å². The molecule has 4 unspecified atom stereocenters. The topological polar surface area (TPSA) is 116 Å². The van der Waals surface area contributed by atoms with E-state index in [-0.39, 0.29) is 34.7 Å². The summed E-state index contributed by atoms with van der Waals surface area (Å²) in [6.45, 7) is 0.900. The smallest absolute Gasteiger partial charge is 0.241 e. The van der Waals surface area contributed by atoms with Crippen LogP contribution in [-0.4, -0.2) is 41.1 Å². The number of carbonyl (C=O) groups is 2. The molecule has 0 radical (unpaired) electrons. The Hall–Kier alpha value is -1.48. The Balaban J connectivity index is 1.32. The van der Waals surface area contributed by atoms with E-state index in [0.29, 0.717) is 23.2 Å². The zero-order chi connectivity index (χ0) is 20.6. The summed E-state index contributed by atoms with van der Waals surface area (Å²) in [4.78, 5) is 24.8. The van der Waals surface area contributed by atoms with Crippen molar-refractivity contribution in [1.29, 1.82) is 0 Å². The van der Waals surface area contributed by atoms with Crippen molar-refractivity contribution in [3.8, 4) is 5.75 Å². The Bertz CT molecular complexity index is 790. The van der Waals surface area contributed by atoms with E-state index in [1.807, 2.05) is 6.07 Å². The first-order valence-electron chi connectivity index (χ1n) is 10.1. The second-order valence-electron chi connectivity index (χ2n) is 8.49. The second kappa shape index (κ2) is 8.34. The molecule has 1 saturated heterocycles. The van der Waals surface area contributed by atoms with Crippen molar-refractivity contribution in [3.63, 3.8) is 0 Å². The standard InChI is InChI=1S/C20H27ClN4O3S/c21-17-14(26)2-1-3-15(17)29-25-20(6-7-20)19(28)24-18-12-8-11(4-5-16(22)27)9-13(18)23-10-12/h1-3,11-13,18,23,25-26H,4-10H2,(H2,22,27)(H,24,28). The van der Waals surface area contributed by atoms with Gasteiger partial charge in [0.25, 0.3) is 0 Å². The van der Waals surface area contributed by atoms with E-state index < -0.39 is 5.54 Å². The minimum Gasteiger partial charge on any atom is -0.506 e. The van der Waals surface area contributed by atoms with Gasteiger partial charge in [-0.25, -0.2) is 4.72 Å². The lowest BCUT2D eigenvalue weighted by molar-refractivity contribution is -0.125. The van der Waals surface area contributed by atoms with E-state index in [1.54, 1.807) is 6.07 Å². The number of aromatic hydroxyl groups is 1. The van der Waals surface area contributed by atoms with Gasteiger partial charge in [0, 0.05) is 29.9 Å². The molecule has 2 amide bonds. The van der Waals surface area contributed by atoms with E-state index in [2.05, 4.69) is 15.4 Å². The maximum Gasteiger partial charge on any atom is 0.241 e. The van der Waals surface area contributed by atoms with Crippen molar-refractivity contribution in [2.75, 3.05) is 6.54 Å². The van der Waals surface area contributed by atoms with Crippen LogP contribution in [0, 0.1) is 11.8 Å². The summed E-state index contributed by atoms with van der Waals surface area (Å²) in [5.74, 6) is 0.688. The number of nitrogens with two attached hydrogens (primary N) is 1. The van der Waals surface area contributed by atoms with E-state index in [0.717, 1.165) is 38.6 Å². The maximum absolute atomic E-state index is 13.0. The molecule has 1 heterocycles. The number of benzene rings is 1. The molecule has 2 aliphatic carbocycles. The van der Waals surface area contributed by atoms with Gasteiger partial charge in [-0.05, 0) is 68.0 Å². The fraction of sp³-hybridized carbons (Fsp3) is 0.600. The number of primary amides is 1. The number of carbonyl (C=O) groups excluding carboxylic acids is 2. The van der Waals surface area contributed by atoms with Crippen LogP contribution in [0.25, 0.3) is 0 Å². The van der Waals surface area contributed by atoms with Gasteiger partial charge in [0.2, 0.25) is 11.8 Å². The highest BCUT2D eigenvalue weighted by atomic mass is 35.5. The number of hydrogen-bond acceptors (Lipinski definition) is 6. The fourth-order valence-electron chi connectivity index (χ4n) is 4.55. The minimum absolute atomic E-state index is 0.0283. The van der Waals surface area contributed by atoms with Crippen molar-refractivity contribution < 1.29 is 14.7 Å². The Morgan fingerprint density at radius 3 is 2.83 bits per heavy atom. The van der Waals surface area contributed by atoms with Crippen molar-refractivity contribution >= 4 is 35.4 Å². The van der Waals surface area contributed by atoms with Gasteiger partial charge >= 0.3 is 0 Å². The molecule has 3 fully saturated rings. The Kier molecular flexibility index (Phi) is 5.97. The van der Waals surface area contributed by atoms with Crippen LogP contribution in [0.3, 0.4) is 0 Å². The van der Waals surface area contributed by atoms with Gasteiger partial charge in [-0.3, -0.25) is 9.59 Å². The minimum atomic E-state index is -0.582. The highest BCUT2D eigenvalue weighted by molar-refractivity contribution is 7.97. The molecular weight excluding hydrogens is 412 g/mol. The number of fused-ring (bicyclic) bond motifs is 2. The average Bonchev–Trinajstić information content (AvgIpc) is 3.44. The predicted octanol–water partition coefficient (Wildman–Crippen LogP) is 1.92. The molecule has 158 valence electrons. The van der Waals surface area contributed by atoms with Gasteiger partial charge in [0.1, 0.15) is 11.3 Å². The number of rotatable bonds is 8. The normalized spacial score (nSPS) is 29.4. The Morgan fingerprint density at radius 1 is 1.34 bits per heavy atom. The molecular formula is C20H27ClN4O3S. The first kappa shape index (κ1) is 20.8. The van der Waals surface area contributed by atoms with Gasteiger partial charge in [0.05, 0.1) is 5.02 Å². The van der Waals surface area contributed by atoms with Gasteiger partial charge in [-0.15, -0.1) is 0 Å². The average molecular weight is 439 g/mol. The van der Waals surface area contributed by atoms with Gasteiger partial charge in [-0.2, -0.15) is 0 Å². The quantitative estimate of drug-likeness (QED) is 0.396. The Labute approximate surface area is 179 Å². The fourth-order valence-corrected chi connectivity index (χ4v) is 5.73. The summed E-state index contributed by atoms with van der Waals surface area (Å²) in [5, 5.41) is 16.8. The molecule has 0 aromatic heterocycles. The molecule has 1 aromatic rings. The van der Waals surface area contributed by atoms with Gasteiger partial charge < -0.3 is 21.5 Å². The lowest BCUT2D eigenvalue weighted by atomic mass is 9.76. The molecule has 4 rings (SSSR count). The number of halogens is 1. The number of phenols is 1. The third-order valence-electron chi connectivity index (χ3n) is 6.39. The molecule has 2 saturated carbocycles. The molecule has 2 bridgehead atoms. The molecule has 0 spiro atoms. The summed E-state index contributed by atoms with van der Waals surface area (Å²) in [5.41, 5.74) is 4.71. The molecule has 9 heteroatoms. The van der Waals surface area contributed by atoms with Crippen LogP contribution in [0.4, 0.5) is 0 Å². The predicted molar refractivity (Wildman–Crippen MR) is 112 cm³/mol. The van der Waals surface area contributed by atoms with Crippen LogP contribution in [-0.2, 0) is 9.59 Å². The SMILES string of the molecule is NC(=O)CCC1CC2CNC(C1)C2NC(=O)C1(NSc2cccc(O)c2Cl)CC1. The monoisotopic (exact) mass is 438 g/mol. The van der Waals surface area contributed by atoms with Crippen LogP contribution in [0.15, 0.2) is 23.1 Å². The largest absolute Gasteiger partial charge is 0.506 e. The second-order valence-corrected chi connectivity index (χ2v) is 9.72. The molecule has 1 aromatic carbocycles. The third kappa shape index (κ3) is 4.50. The summed E-state index contributed by atoms with van der Waals surface area (Å²) in [6, 6.07) is 5.45. The molecule has 3 aliphatic rings.